The molecular weight excluding hydrogens is 402 g/mol. The van der Waals surface area contributed by atoms with E-state index in [0.29, 0.717) is 35.7 Å². The van der Waals surface area contributed by atoms with Gasteiger partial charge in [0.1, 0.15) is 6.26 Å². The van der Waals surface area contributed by atoms with Crippen molar-refractivity contribution in [1.29, 1.82) is 0 Å². The molecular formula is C26H23N3O3. The van der Waals surface area contributed by atoms with E-state index in [2.05, 4.69) is 15.6 Å². The van der Waals surface area contributed by atoms with Gasteiger partial charge in [0, 0.05) is 35.3 Å². The van der Waals surface area contributed by atoms with Crippen LogP contribution in [-0.2, 0) is 6.42 Å². The van der Waals surface area contributed by atoms with Crippen LogP contribution in [0.4, 0.5) is 5.69 Å². The number of nitrogens with one attached hydrogen (secondary N) is 2. The first-order chi connectivity index (χ1) is 15.6. The maximum atomic E-state index is 12.4. The van der Waals surface area contributed by atoms with E-state index in [4.69, 9.17) is 4.42 Å². The van der Waals surface area contributed by atoms with Crippen LogP contribution < -0.4 is 10.6 Å². The van der Waals surface area contributed by atoms with Crippen molar-refractivity contribution in [3.05, 3.63) is 108 Å². The van der Waals surface area contributed by atoms with Gasteiger partial charge >= 0.3 is 0 Å². The van der Waals surface area contributed by atoms with E-state index in [1.807, 2.05) is 49.4 Å². The number of benzene rings is 3. The van der Waals surface area contributed by atoms with Gasteiger partial charge in [0.05, 0.1) is 5.69 Å². The van der Waals surface area contributed by atoms with Gasteiger partial charge in [0.25, 0.3) is 11.8 Å². The maximum absolute atomic E-state index is 12.4. The van der Waals surface area contributed by atoms with Gasteiger partial charge in [0.15, 0.2) is 0 Å². The number of rotatable bonds is 7. The fourth-order valence-electron chi connectivity index (χ4n) is 3.15. The molecule has 0 saturated carbocycles. The van der Waals surface area contributed by atoms with E-state index in [-0.39, 0.29) is 11.8 Å². The Morgan fingerprint density at radius 2 is 1.53 bits per heavy atom. The van der Waals surface area contributed by atoms with Gasteiger partial charge in [-0.3, -0.25) is 9.59 Å². The molecule has 2 N–H and O–H groups in total. The van der Waals surface area contributed by atoms with Crippen molar-refractivity contribution in [3.8, 4) is 11.5 Å². The molecule has 160 valence electrons. The molecule has 2 amide bonds. The van der Waals surface area contributed by atoms with Crippen molar-refractivity contribution in [2.24, 2.45) is 0 Å². The number of aromatic nitrogens is 1. The highest BCUT2D eigenvalue weighted by Crippen LogP contribution is 2.19. The lowest BCUT2D eigenvalue weighted by Crippen LogP contribution is -2.25. The Bertz CT molecular complexity index is 1200. The van der Waals surface area contributed by atoms with Gasteiger partial charge in [-0.2, -0.15) is 0 Å². The summed E-state index contributed by atoms with van der Waals surface area (Å²) < 4.78 is 5.55. The van der Waals surface area contributed by atoms with Crippen LogP contribution in [0, 0.1) is 6.92 Å². The molecule has 0 aliphatic carbocycles. The average molecular weight is 425 g/mol. The number of hydrogen-bond acceptors (Lipinski definition) is 4. The van der Waals surface area contributed by atoms with Crippen molar-refractivity contribution in [2.45, 2.75) is 13.3 Å². The number of oxazole rings is 1. The summed E-state index contributed by atoms with van der Waals surface area (Å²) in [6.45, 7) is 2.47. The number of carbonyl (C=O) groups is 2. The SMILES string of the molecule is Cc1ccc(-c2nc(CCNC(=O)c3ccc(NC(=O)c4ccccc4)cc3)co2)cc1. The first-order valence-corrected chi connectivity index (χ1v) is 10.3. The number of carbonyl (C=O) groups excluding carboxylic acids is 2. The number of hydrogen-bond donors (Lipinski definition) is 2. The Morgan fingerprint density at radius 3 is 2.25 bits per heavy atom. The molecule has 3 aromatic carbocycles. The van der Waals surface area contributed by atoms with Gasteiger partial charge in [-0.15, -0.1) is 0 Å². The van der Waals surface area contributed by atoms with Crippen LogP contribution in [0.1, 0.15) is 32.0 Å². The van der Waals surface area contributed by atoms with Crippen LogP contribution in [0.5, 0.6) is 0 Å². The predicted molar refractivity (Wildman–Crippen MR) is 124 cm³/mol. The minimum absolute atomic E-state index is 0.187. The van der Waals surface area contributed by atoms with E-state index >= 15 is 0 Å². The van der Waals surface area contributed by atoms with Gasteiger partial charge in [0.2, 0.25) is 5.89 Å². The third kappa shape index (κ3) is 5.29. The third-order valence-electron chi connectivity index (χ3n) is 4.96. The molecule has 0 unspecified atom stereocenters. The summed E-state index contributed by atoms with van der Waals surface area (Å²) in [7, 11) is 0. The van der Waals surface area contributed by atoms with Crippen molar-refractivity contribution >= 4 is 17.5 Å². The van der Waals surface area contributed by atoms with E-state index in [0.717, 1.165) is 11.3 Å². The molecule has 0 atom stereocenters. The summed E-state index contributed by atoms with van der Waals surface area (Å²) in [5.41, 5.74) is 4.59. The summed E-state index contributed by atoms with van der Waals surface area (Å²) in [6, 6.07) is 23.7. The summed E-state index contributed by atoms with van der Waals surface area (Å²) in [5.74, 6) is 0.188. The molecule has 0 fully saturated rings. The molecule has 6 nitrogen and oxygen atoms in total. The molecule has 1 heterocycles. The zero-order valence-electron chi connectivity index (χ0n) is 17.7. The minimum Gasteiger partial charge on any atom is -0.444 e. The molecule has 4 rings (SSSR count). The standard InChI is InChI=1S/C26H23N3O3/c1-18-7-9-21(10-8-18)26-29-23(17-32-26)15-16-27-24(30)20-11-13-22(14-12-20)28-25(31)19-5-3-2-4-6-19/h2-14,17H,15-16H2,1H3,(H,27,30)(H,28,31). The molecule has 0 spiro atoms. The highest BCUT2D eigenvalue weighted by atomic mass is 16.3. The van der Waals surface area contributed by atoms with E-state index in [1.165, 1.54) is 5.56 Å². The molecule has 32 heavy (non-hydrogen) atoms. The molecule has 0 aliphatic heterocycles. The van der Waals surface area contributed by atoms with Crippen molar-refractivity contribution < 1.29 is 14.0 Å². The number of anilines is 1. The lowest BCUT2D eigenvalue weighted by molar-refractivity contribution is 0.0953. The molecule has 0 bridgehead atoms. The van der Waals surface area contributed by atoms with Gasteiger partial charge in [-0.05, 0) is 55.5 Å². The zero-order chi connectivity index (χ0) is 22.3. The largest absolute Gasteiger partial charge is 0.444 e. The Hall–Kier alpha value is -4.19. The molecule has 6 heteroatoms. The average Bonchev–Trinajstić information content (AvgIpc) is 3.29. The van der Waals surface area contributed by atoms with Crippen LogP contribution >= 0.6 is 0 Å². The second kappa shape index (κ2) is 9.75. The summed E-state index contributed by atoms with van der Waals surface area (Å²) in [5, 5.41) is 5.70. The maximum Gasteiger partial charge on any atom is 0.255 e. The van der Waals surface area contributed by atoms with Crippen LogP contribution in [0.3, 0.4) is 0 Å². The normalized spacial score (nSPS) is 10.5. The van der Waals surface area contributed by atoms with Crippen molar-refractivity contribution in [2.75, 3.05) is 11.9 Å². The number of aryl methyl sites for hydroxylation is 1. The first-order valence-electron chi connectivity index (χ1n) is 10.3. The molecule has 0 saturated heterocycles. The second-order valence-corrected chi connectivity index (χ2v) is 7.41. The monoisotopic (exact) mass is 425 g/mol. The smallest absolute Gasteiger partial charge is 0.255 e. The fourth-order valence-corrected chi connectivity index (χ4v) is 3.15. The first kappa shape index (κ1) is 21.1. The third-order valence-corrected chi connectivity index (χ3v) is 4.96. The Morgan fingerprint density at radius 1 is 0.844 bits per heavy atom. The van der Waals surface area contributed by atoms with Crippen LogP contribution in [0.25, 0.3) is 11.5 Å². The van der Waals surface area contributed by atoms with Crippen LogP contribution in [0.2, 0.25) is 0 Å². The quantitative estimate of drug-likeness (QED) is 0.442. The van der Waals surface area contributed by atoms with Crippen molar-refractivity contribution in [3.63, 3.8) is 0 Å². The van der Waals surface area contributed by atoms with Crippen LogP contribution in [0.15, 0.2) is 89.5 Å². The topological polar surface area (TPSA) is 84.2 Å². The Labute approximate surface area is 186 Å². The summed E-state index contributed by atoms with van der Waals surface area (Å²) >= 11 is 0. The van der Waals surface area contributed by atoms with Gasteiger partial charge in [-0.25, -0.2) is 4.98 Å². The molecule has 1 aromatic heterocycles. The van der Waals surface area contributed by atoms with E-state index in [1.54, 1.807) is 42.7 Å². The zero-order valence-corrected chi connectivity index (χ0v) is 17.7. The van der Waals surface area contributed by atoms with Gasteiger partial charge < -0.3 is 15.1 Å². The highest BCUT2D eigenvalue weighted by molar-refractivity contribution is 6.04. The Kier molecular flexibility index (Phi) is 6.41. The lowest BCUT2D eigenvalue weighted by atomic mass is 10.1. The summed E-state index contributed by atoms with van der Waals surface area (Å²) in [6.07, 6.45) is 2.18. The highest BCUT2D eigenvalue weighted by Gasteiger charge is 2.10. The van der Waals surface area contributed by atoms with E-state index < -0.39 is 0 Å². The molecule has 4 aromatic rings. The van der Waals surface area contributed by atoms with Crippen molar-refractivity contribution in [1.82, 2.24) is 10.3 Å². The number of amides is 2. The molecule has 0 radical (unpaired) electrons. The predicted octanol–water partition coefficient (Wildman–Crippen LogP) is 4.87. The molecule has 0 aliphatic rings. The second-order valence-electron chi connectivity index (χ2n) is 7.41. The lowest BCUT2D eigenvalue weighted by Gasteiger charge is -2.07. The Balaban J connectivity index is 1.27. The minimum atomic E-state index is -0.194. The summed E-state index contributed by atoms with van der Waals surface area (Å²) in [4.78, 5) is 29.1. The van der Waals surface area contributed by atoms with E-state index in [9.17, 15) is 9.59 Å². The van der Waals surface area contributed by atoms with Crippen LogP contribution in [-0.4, -0.2) is 23.3 Å². The number of nitrogens with zero attached hydrogens (tertiary/aromatic N) is 1. The van der Waals surface area contributed by atoms with Gasteiger partial charge in [-0.1, -0.05) is 35.9 Å². The fraction of sp³-hybridized carbons (Fsp3) is 0.115.